The molecule has 0 spiro atoms. The van der Waals surface area contributed by atoms with E-state index in [4.69, 9.17) is 16.9 Å². The predicted molar refractivity (Wildman–Crippen MR) is 185 cm³/mol. The summed E-state index contributed by atoms with van der Waals surface area (Å²) in [4.78, 5) is 38.2. The second-order valence-corrected chi connectivity index (χ2v) is 13.7. The zero-order chi connectivity index (χ0) is 32.3. The van der Waals surface area contributed by atoms with Crippen LogP contribution in [-0.4, -0.2) is 52.4 Å². The number of anilines is 2. The number of aromatic nitrogens is 2. The van der Waals surface area contributed by atoms with Crippen molar-refractivity contribution in [2.45, 2.75) is 25.4 Å². The maximum Gasteiger partial charge on any atom is 0.264 e. The highest BCUT2D eigenvalue weighted by Crippen LogP contribution is 2.49. The number of carbonyl (C=O) groups is 2. The van der Waals surface area contributed by atoms with Gasteiger partial charge < -0.3 is 19.3 Å². The van der Waals surface area contributed by atoms with Crippen LogP contribution in [0, 0.1) is 17.2 Å². The third-order valence-corrected chi connectivity index (χ3v) is 10.3. The average Bonchev–Trinajstić information content (AvgIpc) is 3.62. The Balaban J connectivity index is 1.08. The second-order valence-electron chi connectivity index (χ2n) is 12.0. The second kappa shape index (κ2) is 13.4. The predicted octanol–water partition coefficient (Wildman–Crippen LogP) is 6.82. The summed E-state index contributed by atoms with van der Waals surface area (Å²) in [6, 6.07) is 31.7. The van der Waals surface area contributed by atoms with E-state index < -0.39 is 0 Å². The fourth-order valence-electron chi connectivity index (χ4n) is 6.29. The molecule has 3 aromatic carbocycles. The Bertz CT molecular complexity index is 1910. The molecule has 1 aliphatic heterocycles. The molecule has 47 heavy (non-hydrogen) atoms. The number of hydrogen-bond acceptors (Lipinski definition) is 6. The molecule has 2 aliphatic rings. The van der Waals surface area contributed by atoms with Crippen molar-refractivity contribution in [1.82, 2.24) is 14.5 Å². The molecule has 2 amide bonds. The van der Waals surface area contributed by atoms with Crippen molar-refractivity contribution in [3.8, 4) is 6.07 Å². The average molecular weight is 661 g/mol. The van der Waals surface area contributed by atoms with Crippen LogP contribution >= 0.6 is 22.9 Å². The van der Waals surface area contributed by atoms with Gasteiger partial charge in [-0.3, -0.25) is 9.59 Å². The Morgan fingerprint density at radius 3 is 2.36 bits per heavy atom. The van der Waals surface area contributed by atoms with Crippen LogP contribution in [0.4, 0.5) is 11.4 Å². The molecular weight excluding hydrogens is 628 g/mol. The van der Waals surface area contributed by atoms with E-state index in [2.05, 4.69) is 44.8 Å². The van der Waals surface area contributed by atoms with E-state index in [1.54, 1.807) is 18.5 Å². The highest BCUT2D eigenvalue weighted by atomic mass is 35.5. The van der Waals surface area contributed by atoms with Crippen molar-refractivity contribution in [2.75, 3.05) is 36.0 Å². The van der Waals surface area contributed by atoms with Crippen molar-refractivity contribution in [1.29, 1.82) is 5.26 Å². The normalized spacial score (nSPS) is 17.3. The summed E-state index contributed by atoms with van der Waals surface area (Å²) in [6.07, 6.45) is 4.45. The number of hydrogen-bond donors (Lipinski definition) is 0. The lowest BCUT2D eigenvalue weighted by Gasteiger charge is -2.36. The van der Waals surface area contributed by atoms with Gasteiger partial charge in [0.2, 0.25) is 5.91 Å². The first-order valence-electron chi connectivity index (χ1n) is 15.7. The van der Waals surface area contributed by atoms with Gasteiger partial charge in [-0.25, -0.2) is 4.98 Å². The fraction of sp³-hybridized carbons (Fsp3) is 0.243. The number of nitrogens with zero attached hydrogens (tertiary/aromatic N) is 6. The van der Waals surface area contributed by atoms with Crippen molar-refractivity contribution >= 4 is 46.1 Å². The van der Waals surface area contributed by atoms with E-state index in [1.165, 1.54) is 16.9 Å². The minimum absolute atomic E-state index is 0.0263. The van der Waals surface area contributed by atoms with Gasteiger partial charge in [-0.1, -0.05) is 54.1 Å². The monoisotopic (exact) mass is 660 g/mol. The first kappa shape index (κ1) is 30.7. The molecule has 1 saturated heterocycles. The highest BCUT2D eigenvalue weighted by molar-refractivity contribution is 7.17. The van der Waals surface area contributed by atoms with E-state index in [1.807, 2.05) is 70.6 Å². The number of halogens is 1. The number of rotatable bonds is 9. The van der Waals surface area contributed by atoms with Crippen molar-refractivity contribution in [3.63, 3.8) is 0 Å². The van der Waals surface area contributed by atoms with Gasteiger partial charge in [0.1, 0.15) is 0 Å². The van der Waals surface area contributed by atoms with Crippen LogP contribution in [0.15, 0.2) is 104 Å². The van der Waals surface area contributed by atoms with Gasteiger partial charge in [-0.15, -0.1) is 11.3 Å². The van der Waals surface area contributed by atoms with E-state index in [0.717, 1.165) is 42.1 Å². The quantitative estimate of drug-likeness (QED) is 0.173. The Kier molecular flexibility index (Phi) is 8.79. The molecule has 2 fully saturated rings. The first-order valence-corrected chi connectivity index (χ1v) is 16.9. The number of thiophene rings is 1. The number of benzene rings is 3. The lowest BCUT2D eigenvalue weighted by molar-refractivity contribution is -0.120. The molecule has 2 unspecified atom stereocenters. The molecule has 1 aliphatic carbocycles. The summed E-state index contributed by atoms with van der Waals surface area (Å²) in [6.45, 7) is 3.69. The molecule has 0 bridgehead atoms. The fourth-order valence-corrected chi connectivity index (χ4v) is 7.31. The van der Waals surface area contributed by atoms with Crippen LogP contribution in [0.1, 0.15) is 44.4 Å². The molecule has 236 valence electrons. The lowest BCUT2D eigenvalue weighted by atomic mass is 10.1. The Morgan fingerprint density at radius 2 is 1.68 bits per heavy atom. The summed E-state index contributed by atoms with van der Waals surface area (Å²) in [5.41, 5.74) is 5.70. The molecule has 8 nitrogen and oxygen atoms in total. The zero-order valence-corrected chi connectivity index (χ0v) is 27.3. The van der Waals surface area contributed by atoms with Gasteiger partial charge in [0.25, 0.3) is 5.91 Å². The number of piperazine rings is 1. The van der Waals surface area contributed by atoms with Gasteiger partial charge in [0.05, 0.1) is 39.4 Å². The minimum Gasteiger partial charge on any atom is -0.368 e. The summed E-state index contributed by atoms with van der Waals surface area (Å²) in [7, 11) is 0. The topological polar surface area (TPSA) is 85.5 Å². The smallest absolute Gasteiger partial charge is 0.264 e. The van der Waals surface area contributed by atoms with E-state index in [0.29, 0.717) is 41.0 Å². The molecule has 2 aromatic heterocycles. The van der Waals surface area contributed by atoms with Crippen LogP contribution in [0.2, 0.25) is 4.34 Å². The maximum absolute atomic E-state index is 14.2. The van der Waals surface area contributed by atoms with Crippen molar-refractivity contribution in [3.05, 3.63) is 135 Å². The highest BCUT2D eigenvalue weighted by Gasteiger charge is 2.46. The van der Waals surface area contributed by atoms with Gasteiger partial charge in [-0.05, 0) is 72.0 Å². The summed E-state index contributed by atoms with van der Waals surface area (Å²) in [5, 5.41) is 9.17. The third-order valence-electron chi connectivity index (χ3n) is 9.03. The molecular formula is C37H33ClN6O2S. The Labute approximate surface area is 283 Å². The molecule has 5 aromatic rings. The number of amides is 2. The van der Waals surface area contributed by atoms with Gasteiger partial charge >= 0.3 is 0 Å². The summed E-state index contributed by atoms with van der Waals surface area (Å²) >= 11 is 7.36. The Morgan fingerprint density at radius 1 is 0.936 bits per heavy atom. The molecule has 1 saturated carbocycles. The molecule has 7 rings (SSSR count). The number of nitriles is 1. The molecule has 10 heteroatoms. The summed E-state index contributed by atoms with van der Waals surface area (Å²) < 4.78 is 2.68. The van der Waals surface area contributed by atoms with E-state index in [9.17, 15) is 9.59 Å². The number of carbonyl (C=O) groups excluding carboxylic acids is 2. The standard InChI is InChI=1S/C37H33ClN6O2S/c38-35-15-14-34(47-35)37(46)42-18-16-41(17-19-42)29-10-12-30(13-11-29)44(36(45)33-20-32(33)28-4-2-1-3-5-28)24-31-22-40-25-43(31)23-27-8-6-26(21-39)7-9-27/h1-15,22,25,32-33H,16-20,23-24H2. The lowest BCUT2D eigenvalue weighted by Crippen LogP contribution is -2.48. The Hall–Kier alpha value is -4.91. The number of imidazole rings is 1. The van der Waals surface area contributed by atoms with Crippen LogP contribution in [0.5, 0.6) is 0 Å². The zero-order valence-electron chi connectivity index (χ0n) is 25.7. The summed E-state index contributed by atoms with van der Waals surface area (Å²) in [5.74, 6) is 0.283. The van der Waals surface area contributed by atoms with Crippen molar-refractivity contribution in [2.24, 2.45) is 5.92 Å². The van der Waals surface area contributed by atoms with Crippen LogP contribution in [0.25, 0.3) is 0 Å². The minimum atomic E-state index is -0.0733. The van der Waals surface area contributed by atoms with E-state index in [-0.39, 0.29) is 23.7 Å². The van der Waals surface area contributed by atoms with Crippen LogP contribution < -0.4 is 9.80 Å². The largest absolute Gasteiger partial charge is 0.368 e. The third kappa shape index (κ3) is 6.80. The molecule has 0 N–H and O–H groups in total. The first-order chi connectivity index (χ1) is 23.0. The van der Waals surface area contributed by atoms with Crippen LogP contribution in [-0.2, 0) is 17.9 Å². The van der Waals surface area contributed by atoms with Gasteiger partial charge in [0.15, 0.2) is 0 Å². The van der Waals surface area contributed by atoms with Gasteiger partial charge in [-0.2, -0.15) is 5.26 Å². The van der Waals surface area contributed by atoms with Crippen molar-refractivity contribution < 1.29 is 9.59 Å². The SMILES string of the molecule is N#Cc1ccc(Cn2cncc2CN(C(=O)C2CC2c2ccccc2)c2ccc(N3CCN(C(=O)c4ccc(Cl)s4)CC3)cc2)cc1. The van der Waals surface area contributed by atoms with Crippen LogP contribution in [0.3, 0.4) is 0 Å². The molecule has 0 radical (unpaired) electrons. The maximum atomic E-state index is 14.2. The molecule has 3 heterocycles. The molecule has 2 atom stereocenters. The van der Waals surface area contributed by atoms with Gasteiger partial charge in [0, 0.05) is 56.2 Å². The van der Waals surface area contributed by atoms with E-state index >= 15 is 0 Å².